The van der Waals surface area contributed by atoms with Gasteiger partial charge in [0.2, 0.25) is 5.91 Å². The lowest BCUT2D eigenvalue weighted by molar-refractivity contribution is -0.183. The molecule has 0 aliphatic carbocycles. The molecular weight excluding hydrogens is 258 g/mol. The smallest absolute Gasteiger partial charge is 0.248 e. The van der Waals surface area contributed by atoms with Crippen LogP contribution in [-0.2, 0) is 14.3 Å². The molecule has 0 atom stereocenters. The molecule has 2 N–H and O–H groups in total. The van der Waals surface area contributed by atoms with Crippen LogP contribution >= 0.6 is 0 Å². The quantitative estimate of drug-likeness (QED) is 0.658. The van der Waals surface area contributed by atoms with Gasteiger partial charge in [0.15, 0.2) is 6.29 Å². The number of nitrogens with one attached hydrogen (secondary N) is 1. The van der Waals surface area contributed by atoms with Gasteiger partial charge >= 0.3 is 0 Å². The molecule has 1 amide bonds. The van der Waals surface area contributed by atoms with Crippen molar-refractivity contribution in [3.63, 3.8) is 0 Å². The lowest BCUT2D eigenvalue weighted by atomic mass is 10.1. The summed E-state index contributed by atoms with van der Waals surface area (Å²) in [6, 6.07) is 4.92. The Kier molecular flexibility index (Phi) is 4.76. The van der Waals surface area contributed by atoms with E-state index in [4.69, 9.17) is 9.47 Å². The zero-order valence-electron chi connectivity index (χ0n) is 11.7. The molecule has 20 heavy (non-hydrogen) atoms. The van der Waals surface area contributed by atoms with E-state index >= 15 is 0 Å². The molecule has 1 aliphatic heterocycles. The second-order valence-corrected chi connectivity index (χ2v) is 4.91. The molecule has 0 bridgehead atoms. The Balaban J connectivity index is 2.16. The second kappa shape index (κ2) is 6.54. The van der Waals surface area contributed by atoms with Crippen molar-refractivity contribution in [3.8, 4) is 5.75 Å². The predicted molar refractivity (Wildman–Crippen MR) is 75.4 cm³/mol. The highest BCUT2D eigenvalue weighted by atomic mass is 16.7. The largest absolute Gasteiger partial charge is 0.506 e. The predicted octanol–water partition coefficient (Wildman–Crippen LogP) is 2.73. The Morgan fingerprint density at radius 1 is 1.35 bits per heavy atom. The van der Waals surface area contributed by atoms with E-state index in [1.54, 1.807) is 12.1 Å². The fourth-order valence-corrected chi connectivity index (χ4v) is 1.91. The van der Waals surface area contributed by atoms with E-state index in [0.29, 0.717) is 18.9 Å². The van der Waals surface area contributed by atoms with Crippen molar-refractivity contribution in [2.75, 3.05) is 18.5 Å². The van der Waals surface area contributed by atoms with Gasteiger partial charge in [0.1, 0.15) is 5.75 Å². The van der Waals surface area contributed by atoms with E-state index in [0.717, 1.165) is 17.6 Å². The number of rotatable bonds is 3. The third-order valence-corrected chi connectivity index (χ3v) is 2.80. The summed E-state index contributed by atoms with van der Waals surface area (Å²) in [5.74, 6) is -0.261. The van der Waals surface area contributed by atoms with E-state index in [9.17, 15) is 9.90 Å². The van der Waals surface area contributed by atoms with Crippen molar-refractivity contribution in [1.82, 2.24) is 0 Å². The number of hydrogen-bond acceptors (Lipinski definition) is 4. The average Bonchev–Trinajstić information content (AvgIpc) is 2.41. The second-order valence-electron chi connectivity index (χ2n) is 4.91. The molecule has 1 aliphatic rings. The maximum Gasteiger partial charge on any atom is 0.248 e. The highest BCUT2D eigenvalue weighted by Crippen LogP contribution is 2.30. The number of anilines is 1. The SMILES string of the molecule is CC(C)=CC(=O)Nc1cc(C2OCCCO2)ccc1O. The molecule has 1 saturated heterocycles. The van der Waals surface area contributed by atoms with Gasteiger partial charge in [-0.3, -0.25) is 4.79 Å². The Bertz CT molecular complexity index is 515. The van der Waals surface area contributed by atoms with Gasteiger partial charge in [-0.1, -0.05) is 11.6 Å². The van der Waals surface area contributed by atoms with Crippen LogP contribution in [0.2, 0.25) is 0 Å². The normalized spacial score (nSPS) is 15.7. The number of amides is 1. The van der Waals surface area contributed by atoms with Crippen LogP contribution in [0.5, 0.6) is 5.75 Å². The zero-order valence-corrected chi connectivity index (χ0v) is 11.7. The molecule has 108 valence electrons. The fraction of sp³-hybridized carbons (Fsp3) is 0.400. The molecule has 5 nitrogen and oxygen atoms in total. The van der Waals surface area contributed by atoms with Crippen LogP contribution in [0, 0.1) is 0 Å². The maximum atomic E-state index is 11.7. The van der Waals surface area contributed by atoms with E-state index in [2.05, 4.69) is 5.32 Å². The van der Waals surface area contributed by atoms with Gasteiger partial charge in [-0.2, -0.15) is 0 Å². The van der Waals surface area contributed by atoms with Crippen molar-refractivity contribution >= 4 is 11.6 Å². The Hall–Kier alpha value is -1.85. The first-order valence-corrected chi connectivity index (χ1v) is 6.58. The van der Waals surface area contributed by atoms with Gasteiger partial charge in [-0.05, 0) is 32.4 Å². The Morgan fingerprint density at radius 2 is 2.05 bits per heavy atom. The number of phenolic OH excluding ortho intramolecular Hbond substituents is 1. The molecule has 1 aromatic rings. The molecule has 0 aromatic heterocycles. The monoisotopic (exact) mass is 277 g/mol. The molecule has 1 fully saturated rings. The Labute approximate surface area is 118 Å². The summed E-state index contributed by atoms with van der Waals surface area (Å²) in [6.07, 6.45) is 1.90. The van der Waals surface area contributed by atoms with Gasteiger partial charge < -0.3 is 19.9 Å². The highest BCUT2D eigenvalue weighted by Gasteiger charge is 2.18. The van der Waals surface area contributed by atoms with E-state index < -0.39 is 6.29 Å². The fourth-order valence-electron chi connectivity index (χ4n) is 1.91. The minimum Gasteiger partial charge on any atom is -0.506 e. The summed E-state index contributed by atoms with van der Waals surface area (Å²) in [6.45, 7) is 4.95. The third-order valence-electron chi connectivity index (χ3n) is 2.80. The number of phenols is 1. The number of benzene rings is 1. The van der Waals surface area contributed by atoms with Crippen LogP contribution in [-0.4, -0.2) is 24.2 Å². The minimum absolute atomic E-state index is 0.0139. The molecular formula is C15H19NO4. The molecule has 1 aromatic carbocycles. The van der Waals surface area contributed by atoms with Crippen molar-refractivity contribution in [2.45, 2.75) is 26.6 Å². The standard InChI is InChI=1S/C15H19NO4/c1-10(2)8-14(18)16-12-9-11(4-5-13(12)17)15-19-6-3-7-20-15/h4-5,8-9,15,17H,3,6-7H2,1-2H3,(H,16,18). The third kappa shape index (κ3) is 3.82. The average molecular weight is 277 g/mol. The molecule has 1 heterocycles. The molecule has 5 heteroatoms. The van der Waals surface area contributed by atoms with Crippen molar-refractivity contribution in [1.29, 1.82) is 0 Å². The lowest BCUT2D eigenvalue weighted by Gasteiger charge is -2.24. The molecule has 0 radical (unpaired) electrons. The van der Waals surface area contributed by atoms with Crippen molar-refractivity contribution < 1.29 is 19.4 Å². The number of hydrogen-bond donors (Lipinski definition) is 2. The van der Waals surface area contributed by atoms with E-state index in [1.165, 1.54) is 12.1 Å². The Morgan fingerprint density at radius 3 is 2.70 bits per heavy atom. The molecule has 0 unspecified atom stereocenters. The molecule has 0 saturated carbocycles. The first-order valence-electron chi connectivity index (χ1n) is 6.58. The minimum atomic E-state index is -0.441. The molecule has 2 rings (SSSR count). The van der Waals surface area contributed by atoms with E-state index in [1.807, 2.05) is 13.8 Å². The van der Waals surface area contributed by atoms with Gasteiger partial charge in [-0.15, -0.1) is 0 Å². The van der Waals surface area contributed by atoms with Gasteiger partial charge in [0.25, 0.3) is 0 Å². The van der Waals surface area contributed by atoms with Gasteiger partial charge in [-0.25, -0.2) is 0 Å². The zero-order chi connectivity index (χ0) is 14.5. The van der Waals surface area contributed by atoms with Crippen molar-refractivity contribution in [3.05, 3.63) is 35.4 Å². The summed E-state index contributed by atoms with van der Waals surface area (Å²) in [5.41, 5.74) is 2.01. The number of carbonyl (C=O) groups excluding carboxylic acids is 1. The number of allylic oxidation sites excluding steroid dienone is 1. The molecule has 0 spiro atoms. The topological polar surface area (TPSA) is 67.8 Å². The van der Waals surface area contributed by atoms with Crippen LogP contribution < -0.4 is 5.32 Å². The van der Waals surface area contributed by atoms with Gasteiger partial charge in [0.05, 0.1) is 18.9 Å². The summed E-state index contributed by atoms with van der Waals surface area (Å²) in [5, 5.41) is 12.4. The number of ether oxygens (including phenoxy) is 2. The van der Waals surface area contributed by atoms with Crippen LogP contribution in [0.3, 0.4) is 0 Å². The first-order chi connectivity index (χ1) is 9.56. The summed E-state index contributed by atoms with van der Waals surface area (Å²) >= 11 is 0. The van der Waals surface area contributed by atoms with E-state index in [-0.39, 0.29) is 11.7 Å². The van der Waals surface area contributed by atoms with Gasteiger partial charge in [0, 0.05) is 11.6 Å². The first kappa shape index (κ1) is 14.6. The lowest BCUT2D eigenvalue weighted by Crippen LogP contribution is -2.18. The van der Waals surface area contributed by atoms with Crippen LogP contribution in [0.15, 0.2) is 29.8 Å². The highest BCUT2D eigenvalue weighted by molar-refractivity contribution is 6.00. The number of carbonyl (C=O) groups is 1. The van der Waals surface area contributed by atoms with Crippen LogP contribution in [0.1, 0.15) is 32.1 Å². The summed E-state index contributed by atoms with van der Waals surface area (Å²) in [4.78, 5) is 11.7. The van der Waals surface area contributed by atoms with Crippen LogP contribution in [0.4, 0.5) is 5.69 Å². The maximum absolute atomic E-state index is 11.7. The van der Waals surface area contributed by atoms with Crippen molar-refractivity contribution in [2.24, 2.45) is 0 Å². The summed E-state index contributed by atoms with van der Waals surface area (Å²) in [7, 11) is 0. The number of aromatic hydroxyl groups is 1. The van der Waals surface area contributed by atoms with Crippen LogP contribution in [0.25, 0.3) is 0 Å². The summed E-state index contributed by atoms with van der Waals surface area (Å²) < 4.78 is 11.0.